The lowest BCUT2D eigenvalue weighted by molar-refractivity contribution is 0.281. The first-order valence-electron chi connectivity index (χ1n) is 5.37. The van der Waals surface area contributed by atoms with Crippen molar-refractivity contribution in [2.24, 2.45) is 0 Å². The van der Waals surface area contributed by atoms with Crippen LogP contribution in [0.15, 0.2) is 23.7 Å². The van der Waals surface area contributed by atoms with E-state index in [9.17, 15) is 0 Å². The first-order valence-corrected chi connectivity index (χ1v) is 6.25. The van der Waals surface area contributed by atoms with Crippen LogP contribution in [0.2, 0.25) is 0 Å². The van der Waals surface area contributed by atoms with Gasteiger partial charge in [-0.05, 0) is 24.6 Å². The third-order valence-electron chi connectivity index (χ3n) is 2.45. The van der Waals surface area contributed by atoms with Gasteiger partial charge in [0.15, 0.2) is 0 Å². The third kappa shape index (κ3) is 3.01. The highest BCUT2D eigenvalue weighted by Crippen LogP contribution is 2.15. The van der Waals surface area contributed by atoms with E-state index in [4.69, 9.17) is 5.11 Å². The van der Waals surface area contributed by atoms with Crippen molar-refractivity contribution in [3.8, 4) is 0 Å². The Hall–Kier alpha value is -1.46. The number of aromatic nitrogens is 2. The number of rotatable bonds is 4. The maximum Gasteiger partial charge on any atom is 0.128 e. The van der Waals surface area contributed by atoms with Crippen LogP contribution < -0.4 is 4.90 Å². The number of nitrogens with zero attached hydrogens (tertiary/aromatic N) is 3. The fourth-order valence-corrected chi connectivity index (χ4v) is 2.18. The van der Waals surface area contributed by atoms with Crippen molar-refractivity contribution < 1.29 is 5.11 Å². The first-order chi connectivity index (χ1) is 8.19. The van der Waals surface area contributed by atoms with Crippen LogP contribution in [-0.2, 0) is 13.2 Å². The van der Waals surface area contributed by atoms with Crippen LogP contribution in [0.5, 0.6) is 0 Å². The van der Waals surface area contributed by atoms with Crippen molar-refractivity contribution in [3.05, 3.63) is 40.0 Å². The number of hydrogen-bond acceptors (Lipinski definition) is 5. The zero-order valence-corrected chi connectivity index (χ0v) is 10.7. The topological polar surface area (TPSA) is 49.2 Å². The van der Waals surface area contributed by atoms with Crippen molar-refractivity contribution >= 4 is 17.2 Å². The summed E-state index contributed by atoms with van der Waals surface area (Å²) in [5.41, 5.74) is 1.92. The lowest BCUT2D eigenvalue weighted by Gasteiger charge is -2.17. The van der Waals surface area contributed by atoms with Crippen LogP contribution in [0.3, 0.4) is 0 Å². The van der Waals surface area contributed by atoms with Crippen molar-refractivity contribution in [1.29, 1.82) is 0 Å². The molecule has 0 aliphatic carbocycles. The molecule has 4 nitrogen and oxygen atoms in total. The van der Waals surface area contributed by atoms with Gasteiger partial charge < -0.3 is 10.0 Å². The molecule has 0 aliphatic heterocycles. The summed E-state index contributed by atoms with van der Waals surface area (Å²) in [5.74, 6) is 0.849. The van der Waals surface area contributed by atoms with Crippen molar-refractivity contribution in [2.75, 3.05) is 11.9 Å². The molecule has 0 saturated heterocycles. The fraction of sp³-hybridized carbons (Fsp3) is 0.333. The Morgan fingerprint density at radius 2 is 2.29 bits per heavy atom. The summed E-state index contributed by atoms with van der Waals surface area (Å²) in [7, 11) is 1.97. The number of thiazole rings is 1. The summed E-state index contributed by atoms with van der Waals surface area (Å²) in [5, 5.41) is 12.2. The Kier molecular flexibility index (Phi) is 3.71. The zero-order chi connectivity index (χ0) is 12.3. The highest BCUT2D eigenvalue weighted by molar-refractivity contribution is 7.09. The van der Waals surface area contributed by atoms with Gasteiger partial charge in [0.2, 0.25) is 0 Å². The van der Waals surface area contributed by atoms with Gasteiger partial charge in [0.05, 0.1) is 23.9 Å². The minimum atomic E-state index is 0.0408. The van der Waals surface area contributed by atoms with Gasteiger partial charge in [0.1, 0.15) is 5.82 Å². The number of hydrogen-bond donors (Lipinski definition) is 1. The van der Waals surface area contributed by atoms with E-state index in [1.807, 2.05) is 31.0 Å². The molecule has 5 heteroatoms. The van der Waals surface area contributed by atoms with E-state index in [2.05, 4.69) is 15.3 Å². The molecule has 90 valence electrons. The molecular weight excluding hydrogens is 234 g/mol. The van der Waals surface area contributed by atoms with E-state index in [0.717, 1.165) is 28.6 Å². The van der Waals surface area contributed by atoms with Gasteiger partial charge in [-0.2, -0.15) is 0 Å². The van der Waals surface area contributed by atoms with Gasteiger partial charge in [-0.15, -0.1) is 11.3 Å². The summed E-state index contributed by atoms with van der Waals surface area (Å²) in [6.45, 7) is 2.77. The predicted octanol–water partition coefficient (Wildman–Crippen LogP) is 1.98. The molecule has 0 radical (unpaired) electrons. The Labute approximate surface area is 105 Å². The third-order valence-corrected chi connectivity index (χ3v) is 3.27. The largest absolute Gasteiger partial charge is 0.392 e. The molecular formula is C12H15N3OS. The van der Waals surface area contributed by atoms with Crippen LogP contribution in [0.1, 0.15) is 16.3 Å². The molecule has 0 atom stereocenters. The summed E-state index contributed by atoms with van der Waals surface area (Å²) >= 11 is 1.65. The number of aliphatic hydroxyl groups excluding tert-OH is 1. The maximum atomic E-state index is 9.08. The number of aliphatic hydroxyl groups is 1. The molecule has 1 N–H and O–H groups in total. The van der Waals surface area contributed by atoms with Gasteiger partial charge in [0.25, 0.3) is 0 Å². The number of anilines is 1. The van der Waals surface area contributed by atoms with E-state index in [-0.39, 0.29) is 6.61 Å². The maximum absolute atomic E-state index is 9.08. The van der Waals surface area contributed by atoms with Gasteiger partial charge in [-0.3, -0.25) is 0 Å². The summed E-state index contributed by atoms with van der Waals surface area (Å²) in [6, 6.07) is 3.70. The van der Waals surface area contributed by atoms with Crippen molar-refractivity contribution in [1.82, 2.24) is 9.97 Å². The fourth-order valence-electron chi connectivity index (χ4n) is 1.57. The Morgan fingerprint density at radius 1 is 1.47 bits per heavy atom. The predicted molar refractivity (Wildman–Crippen MR) is 69.1 cm³/mol. The second-order valence-corrected chi connectivity index (χ2v) is 4.96. The van der Waals surface area contributed by atoms with Gasteiger partial charge >= 0.3 is 0 Å². The molecule has 2 heterocycles. The number of pyridine rings is 1. The summed E-state index contributed by atoms with van der Waals surface area (Å²) in [4.78, 5) is 10.7. The average Bonchev–Trinajstić information content (AvgIpc) is 2.75. The molecule has 2 aromatic rings. The SMILES string of the molecule is Cc1nc(CN(C)c2cc(CO)ccn2)cs1. The molecule has 0 aliphatic rings. The lowest BCUT2D eigenvalue weighted by Crippen LogP contribution is -2.18. The Bertz CT molecular complexity index is 498. The highest BCUT2D eigenvalue weighted by atomic mass is 32.1. The Balaban J connectivity index is 2.11. The molecule has 0 spiro atoms. The van der Waals surface area contributed by atoms with Gasteiger partial charge in [-0.25, -0.2) is 9.97 Å². The summed E-state index contributed by atoms with van der Waals surface area (Å²) in [6.07, 6.45) is 1.71. The molecule has 0 bridgehead atoms. The molecule has 0 amide bonds. The molecule has 0 unspecified atom stereocenters. The first kappa shape index (κ1) is 12.0. The monoisotopic (exact) mass is 249 g/mol. The van der Waals surface area contributed by atoms with Crippen LogP contribution >= 0.6 is 11.3 Å². The second-order valence-electron chi connectivity index (χ2n) is 3.89. The standard InChI is InChI=1S/C12H15N3OS/c1-9-14-11(8-17-9)6-15(2)12-5-10(7-16)3-4-13-12/h3-5,8,16H,6-7H2,1-2H3. The van der Waals surface area contributed by atoms with Gasteiger partial charge in [-0.1, -0.05) is 0 Å². The molecule has 17 heavy (non-hydrogen) atoms. The average molecular weight is 249 g/mol. The van der Waals surface area contributed by atoms with E-state index < -0.39 is 0 Å². The van der Waals surface area contributed by atoms with E-state index in [1.54, 1.807) is 17.5 Å². The summed E-state index contributed by atoms with van der Waals surface area (Å²) < 4.78 is 0. The minimum absolute atomic E-state index is 0.0408. The molecule has 0 aromatic carbocycles. The van der Waals surface area contributed by atoms with Crippen LogP contribution in [0.4, 0.5) is 5.82 Å². The van der Waals surface area contributed by atoms with E-state index in [0.29, 0.717) is 0 Å². The van der Waals surface area contributed by atoms with Crippen molar-refractivity contribution in [3.63, 3.8) is 0 Å². The minimum Gasteiger partial charge on any atom is -0.392 e. The lowest BCUT2D eigenvalue weighted by atomic mass is 10.2. The second kappa shape index (κ2) is 5.25. The molecule has 0 saturated carbocycles. The van der Waals surface area contributed by atoms with Gasteiger partial charge in [0, 0.05) is 18.6 Å². The highest BCUT2D eigenvalue weighted by Gasteiger charge is 2.06. The van der Waals surface area contributed by atoms with Crippen molar-refractivity contribution in [2.45, 2.75) is 20.1 Å². The molecule has 0 fully saturated rings. The normalized spacial score (nSPS) is 10.5. The quantitative estimate of drug-likeness (QED) is 0.900. The zero-order valence-electron chi connectivity index (χ0n) is 9.92. The van der Waals surface area contributed by atoms with E-state index >= 15 is 0 Å². The molecule has 2 aromatic heterocycles. The van der Waals surface area contributed by atoms with Crippen LogP contribution in [0.25, 0.3) is 0 Å². The molecule has 2 rings (SSSR count). The van der Waals surface area contributed by atoms with E-state index in [1.165, 1.54) is 0 Å². The van der Waals surface area contributed by atoms with Crippen LogP contribution in [0, 0.1) is 6.92 Å². The number of aryl methyl sites for hydroxylation is 1. The Morgan fingerprint density at radius 3 is 2.94 bits per heavy atom. The van der Waals surface area contributed by atoms with Crippen LogP contribution in [-0.4, -0.2) is 22.1 Å². The smallest absolute Gasteiger partial charge is 0.128 e.